The Labute approximate surface area is 106 Å². The van der Waals surface area contributed by atoms with Gasteiger partial charge in [0.1, 0.15) is 11.6 Å². The second kappa shape index (κ2) is 4.96. The fourth-order valence-electron chi connectivity index (χ4n) is 1.56. The van der Waals surface area contributed by atoms with Crippen LogP contribution in [0.1, 0.15) is 0 Å². The number of rotatable bonds is 3. The van der Waals surface area contributed by atoms with Crippen molar-refractivity contribution < 1.29 is 9.13 Å². The molecule has 0 aliphatic rings. The Balaban J connectivity index is 2.25. The summed E-state index contributed by atoms with van der Waals surface area (Å²) in [6.45, 7) is 0. The summed E-state index contributed by atoms with van der Waals surface area (Å²) in [6.07, 6.45) is 0. The van der Waals surface area contributed by atoms with Gasteiger partial charge in [-0.25, -0.2) is 4.39 Å². The fraction of sp³-hybridized carbons (Fsp3) is 0.143. The van der Waals surface area contributed by atoms with E-state index in [4.69, 9.17) is 10.5 Å². The van der Waals surface area contributed by atoms with Crippen LogP contribution in [0.4, 0.5) is 15.8 Å². The highest BCUT2D eigenvalue weighted by molar-refractivity contribution is 5.56. The number of benzene rings is 2. The maximum atomic E-state index is 12.9. The smallest absolute Gasteiger partial charge is 0.150 e. The predicted octanol–water partition coefficient (Wildman–Crippen LogP) is 3.27. The van der Waals surface area contributed by atoms with Crippen molar-refractivity contribution in [2.24, 2.45) is 0 Å². The van der Waals surface area contributed by atoms with Crippen molar-refractivity contribution in [3.05, 3.63) is 48.3 Å². The molecule has 2 N–H and O–H groups in total. The maximum absolute atomic E-state index is 12.9. The van der Waals surface area contributed by atoms with Crippen molar-refractivity contribution in [3.63, 3.8) is 0 Å². The van der Waals surface area contributed by atoms with E-state index in [0.29, 0.717) is 11.5 Å². The standard InChI is InChI=1S/C14H15FN2O/c1-17(2)11-4-3-5-12(9-11)18-14-7-6-10(15)8-13(14)16/h3-9H,16H2,1-2H3. The van der Waals surface area contributed by atoms with E-state index in [1.165, 1.54) is 18.2 Å². The average Bonchev–Trinajstić information content (AvgIpc) is 2.33. The lowest BCUT2D eigenvalue weighted by Crippen LogP contribution is -2.08. The molecule has 0 bridgehead atoms. The van der Waals surface area contributed by atoms with Gasteiger partial charge in [-0.15, -0.1) is 0 Å². The van der Waals surface area contributed by atoms with E-state index in [9.17, 15) is 4.39 Å². The van der Waals surface area contributed by atoms with Gasteiger partial charge in [-0.2, -0.15) is 0 Å². The van der Waals surface area contributed by atoms with E-state index in [-0.39, 0.29) is 11.5 Å². The third-order valence-corrected chi connectivity index (χ3v) is 2.53. The summed E-state index contributed by atoms with van der Waals surface area (Å²) >= 11 is 0. The van der Waals surface area contributed by atoms with Crippen LogP contribution in [0.25, 0.3) is 0 Å². The molecule has 0 heterocycles. The van der Waals surface area contributed by atoms with Crippen LogP contribution in [0.2, 0.25) is 0 Å². The van der Waals surface area contributed by atoms with Crippen molar-refractivity contribution in [3.8, 4) is 11.5 Å². The second-order valence-corrected chi connectivity index (χ2v) is 4.18. The van der Waals surface area contributed by atoms with Gasteiger partial charge in [0.25, 0.3) is 0 Å². The van der Waals surface area contributed by atoms with Crippen LogP contribution < -0.4 is 15.4 Å². The molecular weight excluding hydrogens is 231 g/mol. The Morgan fingerprint density at radius 2 is 1.89 bits per heavy atom. The van der Waals surface area contributed by atoms with E-state index < -0.39 is 0 Å². The zero-order valence-corrected chi connectivity index (χ0v) is 10.4. The molecule has 18 heavy (non-hydrogen) atoms. The second-order valence-electron chi connectivity index (χ2n) is 4.18. The van der Waals surface area contributed by atoms with Gasteiger partial charge in [-0.1, -0.05) is 6.07 Å². The largest absolute Gasteiger partial charge is 0.455 e. The summed E-state index contributed by atoms with van der Waals surface area (Å²) in [4.78, 5) is 1.97. The molecule has 2 aromatic carbocycles. The van der Waals surface area contributed by atoms with Crippen LogP contribution in [0.3, 0.4) is 0 Å². The summed E-state index contributed by atoms with van der Waals surface area (Å²) < 4.78 is 18.6. The Morgan fingerprint density at radius 1 is 1.11 bits per heavy atom. The minimum absolute atomic E-state index is 0.283. The summed E-state index contributed by atoms with van der Waals surface area (Å²) in [5.74, 6) is 0.744. The van der Waals surface area contributed by atoms with Gasteiger partial charge in [0.15, 0.2) is 5.75 Å². The monoisotopic (exact) mass is 246 g/mol. The van der Waals surface area contributed by atoms with E-state index in [1.54, 1.807) is 0 Å². The summed E-state index contributed by atoms with van der Waals surface area (Å²) in [5.41, 5.74) is 7.00. The highest BCUT2D eigenvalue weighted by atomic mass is 19.1. The van der Waals surface area contributed by atoms with Gasteiger partial charge in [-0.3, -0.25) is 0 Å². The molecule has 4 heteroatoms. The van der Waals surface area contributed by atoms with Crippen LogP contribution in [0, 0.1) is 5.82 Å². The number of hydrogen-bond acceptors (Lipinski definition) is 3. The van der Waals surface area contributed by atoms with Crippen molar-refractivity contribution in [2.45, 2.75) is 0 Å². The molecule has 0 unspecified atom stereocenters. The molecular formula is C14H15FN2O. The van der Waals surface area contributed by atoms with Gasteiger partial charge >= 0.3 is 0 Å². The molecule has 0 fully saturated rings. The first-order chi connectivity index (χ1) is 8.56. The molecule has 0 amide bonds. The quantitative estimate of drug-likeness (QED) is 0.845. The average molecular weight is 246 g/mol. The van der Waals surface area contributed by atoms with Crippen LogP contribution in [-0.2, 0) is 0 Å². The predicted molar refractivity (Wildman–Crippen MR) is 71.7 cm³/mol. The Kier molecular flexibility index (Phi) is 3.37. The lowest BCUT2D eigenvalue weighted by molar-refractivity contribution is 0.483. The molecule has 0 radical (unpaired) electrons. The zero-order chi connectivity index (χ0) is 13.1. The van der Waals surface area contributed by atoms with Gasteiger partial charge in [-0.05, 0) is 24.3 Å². The molecule has 0 aliphatic heterocycles. The third kappa shape index (κ3) is 2.71. The first-order valence-corrected chi connectivity index (χ1v) is 5.56. The molecule has 2 rings (SSSR count). The summed E-state index contributed by atoms with van der Waals surface area (Å²) in [6, 6.07) is 11.7. The Bertz CT molecular complexity index is 555. The first-order valence-electron chi connectivity index (χ1n) is 5.56. The number of nitrogens with zero attached hydrogens (tertiary/aromatic N) is 1. The number of ether oxygens (including phenoxy) is 1. The van der Waals surface area contributed by atoms with Gasteiger partial charge < -0.3 is 15.4 Å². The molecule has 0 aliphatic carbocycles. The summed E-state index contributed by atoms with van der Waals surface area (Å²) in [5, 5.41) is 0. The lowest BCUT2D eigenvalue weighted by Gasteiger charge is -2.14. The number of anilines is 2. The topological polar surface area (TPSA) is 38.5 Å². The van der Waals surface area contributed by atoms with E-state index in [1.807, 2.05) is 43.3 Å². The number of nitrogens with two attached hydrogens (primary N) is 1. The minimum atomic E-state index is -0.373. The van der Waals surface area contributed by atoms with Crippen molar-refractivity contribution in [2.75, 3.05) is 24.7 Å². The SMILES string of the molecule is CN(C)c1cccc(Oc2ccc(F)cc2N)c1. The fourth-order valence-corrected chi connectivity index (χ4v) is 1.56. The number of hydrogen-bond donors (Lipinski definition) is 1. The molecule has 0 aromatic heterocycles. The third-order valence-electron chi connectivity index (χ3n) is 2.53. The van der Waals surface area contributed by atoms with Gasteiger partial charge in [0.05, 0.1) is 5.69 Å². The van der Waals surface area contributed by atoms with Crippen LogP contribution in [0.5, 0.6) is 11.5 Å². The van der Waals surface area contributed by atoms with Gasteiger partial charge in [0.2, 0.25) is 0 Å². The van der Waals surface area contributed by atoms with Crippen molar-refractivity contribution in [1.82, 2.24) is 0 Å². The number of halogens is 1. The van der Waals surface area contributed by atoms with Crippen LogP contribution >= 0.6 is 0 Å². The molecule has 2 aromatic rings. The Morgan fingerprint density at radius 3 is 2.56 bits per heavy atom. The zero-order valence-electron chi connectivity index (χ0n) is 10.4. The van der Waals surface area contributed by atoms with Gasteiger partial charge in [0, 0.05) is 31.9 Å². The normalized spacial score (nSPS) is 10.2. The minimum Gasteiger partial charge on any atom is -0.455 e. The summed E-state index contributed by atoms with van der Waals surface area (Å²) in [7, 11) is 3.90. The lowest BCUT2D eigenvalue weighted by atomic mass is 10.2. The van der Waals surface area contributed by atoms with Crippen molar-refractivity contribution in [1.29, 1.82) is 0 Å². The molecule has 0 atom stereocenters. The molecule has 3 nitrogen and oxygen atoms in total. The molecule has 94 valence electrons. The maximum Gasteiger partial charge on any atom is 0.150 e. The highest BCUT2D eigenvalue weighted by Gasteiger charge is 2.04. The van der Waals surface area contributed by atoms with E-state index >= 15 is 0 Å². The van der Waals surface area contributed by atoms with Crippen LogP contribution in [0.15, 0.2) is 42.5 Å². The molecule has 0 saturated heterocycles. The van der Waals surface area contributed by atoms with Crippen molar-refractivity contribution >= 4 is 11.4 Å². The number of nitrogen functional groups attached to an aromatic ring is 1. The Hall–Kier alpha value is -2.23. The molecule has 0 spiro atoms. The first kappa shape index (κ1) is 12.2. The van der Waals surface area contributed by atoms with Crippen LogP contribution in [-0.4, -0.2) is 14.1 Å². The molecule has 0 saturated carbocycles. The highest BCUT2D eigenvalue weighted by Crippen LogP contribution is 2.29. The van der Waals surface area contributed by atoms with E-state index in [0.717, 1.165) is 5.69 Å². The van der Waals surface area contributed by atoms with E-state index in [2.05, 4.69) is 0 Å².